The molecule has 3 nitrogen and oxygen atoms in total. The minimum absolute atomic E-state index is 0.00343. The van der Waals surface area contributed by atoms with E-state index in [9.17, 15) is 4.79 Å². The molecule has 68 valence electrons. The fourth-order valence-electron chi connectivity index (χ4n) is 1.82. The summed E-state index contributed by atoms with van der Waals surface area (Å²) in [6.45, 7) is 2.00. The van der Waals surface area contributed by atoms with E-state index in [1.165, 1.54) is 5.01 Å². The summed E-state index contributed by atoms with van der Waals surface area (Å²) < 4.78 is 0. The molecule has 1 unspecified atom stereocenters. The summed E-state index contributed by atoms with van der Waals surface area (Å²) in [7, 11) is 0. The molecule has 13 heavy (non-hydrogen) atoms. The summed E-state index contributed by atoms with van der Waals surface area (Å²) in [6.07, 6.45) is 0.809. The summed E-state index contributed by atoms with van der Waals surface area (Å²) in [5.74, 6) is 5.60. The zero-order valence-electron chi connectivity index (χ0n) is 7.53. The third kappa shape index (κ3) is 1.04. The van der Waals surface area contributed by atoms with Gasteiger partial charge in [0, 0.05) is 0 Å². The quantitative estimate of drug-likeness (QED) is 0.519. The SMILES string of the molecule is CCC1C(=O)N(N)c2ccccc21. The van der Waals surface area contributed by atoms with Crippen LogP contribution in [0.3, 0.4) is 0 Å². The van der Waals surface area contributed by atoms with E-state index >= 15 is 0 Å². The molecule has 0 aliphatic carbocycles. The number of fused-ring (bicyclic) bond motifs is 1. The Morgan fingerprint density at radius 3 is 2.85 bits per heavy atom. The predicted octanol–water partition coefficient (Wildman–Crippen LogP) is 1.40. The van der Waals surface area contributed by atoms with Gasteiger partial charge in [0.1, 0.15) is 0 Å². The van der Waals surface area contributed by atoms with Crippen LogP contribution in [0.5, 0.6) is 0 Å². The third-order valence-corrected chi connectivity index (χ3v) is 2.52. The summed E-state index contributed by atoms with van der Waals surface area (Å²) >= 11 is 0. The molecule has 1 heterocycles. The number of rotatable bonds is 1. The van der Waals surface area contributed by atoms with Crippen molar-refractivity contribution in [3.63, 3.8) is 0 Å². The van der Waals surface area contributed by atoms with Gasteiger partial charge in [0.05, 0.1) is 11.6 Å². The third-order valence-electron chi connectivity index (χ3n) is 2.52. The van der Waals surface area contributed by atoms with Gasteiger partial charge in [-0.2, -0.15) is 0 Å². The van der Waals surface area contributed by atoms with Crippen LogP contribution in [-0.4, -0.2) is 5.91 Å². The maximum Gasteiger partial charge on any atom is 0.248 e. The molecule has 1 aromatic rings. The molecule has 0 spiro atoms. The largest absolute Gasteiger partial charge is 0.272 e. The van der Waals surface area contributed by atoms with Crippen molar-refractivity contribution in [3.05, 3.63) is 29.8 Å². The van der Waals surface area contributed by atoms with Crippen molar-refractivity contribution in [2.45, 2.75) is 19.3 Å². The number of hydrogen-bond donors (Lipinski definition) is 1. The van der Waals surface area contributed by atoms with Crippen molar-refractivity contribution in [3.8, 4) is 0 Å². The average molecular weight is 176 g/mol. The van der Waals surface area contributed by atoms with Crippen molar-refractivity contribution in [1.29, 1.82) is 0 Å². The highest BCUT2D eigenvalue weighted by atomic mass is 16.2. The lowest BCUT2D eigenvalue weighted by Crippen LogP contribution is -2.35. The van der Waals surface area contributed by atoms with Gasteiger partial charge in [-0.15, -0.1) is 0 Å². The van der Waals surface area contributed by atoms with E-state index in [4.69, 9.17) is 5.84 Å². The van der Waals surface area contributed by atoms with Gasteiger partial charge in [-0.3, -0.25) is 4.79 Å². The Morgan fingerprint density at radius 2 is 2.15 bits per heavy atom. The van der Waals surface area contributed by atoms with E-state index in [0.29, 0.717) is 0 Å². The van der Waals surface area contributed by atoms with Crippen LogP contribution in [0.1, 0.15) is 24.8 Å². The molecule has 0 bridgehead atoms. The van der Waals surface area contributed by atoms with E-state index < -0.39 is 0 Å². The average Bonchev–Trinajstić information content (AvgIpc) is 2.41. The second-order valence-electron chi connectivity index (χ2n) is 3.23. The topological polar surface area (TPSA) is 46.3 Å². The van der Waals surface area contributed by atoms with Crippen molar-refractivity contribution in [2.24, 2.45) is 5.84 Å². The van der Waals surface area contributed by atoms with E-state index in [-0.39, 0.29) is 11.8 Å². The number of carbonyl (C=O) groups is 1. The van der Waals surface area contributed by atoms with Crippen LogP contribution < -0.4 is 10.9 Å². The van der Waals surface area contributed by atoms with Gasteiger partial charge in [0.25, 0.3) is 0 Å². The zero-order valence-corrected chi connectivity index (χ0v) is 7.53. The van der Waals surface area contributed by atoms with Crippen LogP contribution in [0.2, 0.25) is 0 Å². The van der Waals surface area contributed by atoms with E-state index in [0.717, 1.165) is 17.7 Å². The highest BCUT2D eigenvalue weighted by Gasteiger charge is 2.33. The predicted molar refractivity (Wildman–Crippen MR) is 51.1 cm³/mol. The number of carbonyl (C=O) groups excluding carboxylic acids is 1. The van der Waals surface area contributed by atoms with E-state index in [1.54, 1.807) is 0 Å². The Balaban J connectivity index is 2.53. The molecule has 1 aromatic carbocycles. The molecule has 1 aliphatic rings. The molecule has 0 radical (unpaired) electrons. The Labute approximate surface area is 77.1 Å². The summed E-state index contributed by atoms with van der Waals surface area (Å²) in [5.41, 5.74) is 1.90. The lowest BCUT2D eigenvalue weighted by Gasteiger charge is -2.08. The fraction of sp³-hybridized carbons (Fsp3) is 0.300. The van der Waals surface area contributed by atoms with Gasteiger partial charge >= 0.3 is 0 Å². The van der Waals surface area contributed by atoms with Crippen LogP contribution in [0.4, 0.5) is 5.69 Å². The maximum atomic E-state index is 11.6. The number of nitrogens with zero attached hydrogens (tertiary/aromatic N) is 1. The second kappa shape index (κ2) is 2.85. The van der Waals surface area contributed by atoms with Crippen LogP contribution in [0, 0.1) is 0 Å². The lowest BCUT2D eigenvalue weighted by molar-refractivity contribution is -0.119. The molecule has 1 atom stereocenters. The van der Waals surface area contributed by atoms with Gasteiger partial charge in [-0.05, 0) is 18.1 Å². The lowest BCUT2D eigenvalue weighted by atomic mass is 9.98. The Morgan fingerprint density at radius 1 is 1.46 bits per heavy atom. The Bertz CT molecular complexity index is 349. The minimum Gasteiger partial charge on any atom is -0.272 e. The standard InChI is InChI=1S/C10H12N2O/c1-2-7-8-5-3-4-6-9(8)12(11)10(7)13/h3-7H,2,11H2,1H3. The number of anilines is 1. The van der Waals surface area contributed by atoms with Crippen LogP contribution in [0.15, 0.2) is 24.3 Å². The molecule has 0 saturated carbocycles. The van der Waals surface area contributed by atoms with Gasteiger partial charge in [0.2, 0.25) is 5.91 Å². The summed E-state index contributed by atoms with van der Waals surface area (Å²) in [5, 5.41) is 1.25. The zero-order chi connectivity index (χ0) is 9.42. The van der Waals surface area contributed by atoms with Crippen molar-refractivity contribution < 1.29 is 4.79 Å². The van der Waals surface area contributed by atoms with E-state index in [1.807, 2.05) is 31.2 Å². The Hall–Kier alpha value is -1.35. The smallest absolute Gasteiger partial charge is 0.248 e. The van der Waals surface area contributed by atoms with Crippen LogP contribution in [-0.2, 0) is 4.79 Å². The van der Waals surface area contributed by atoms with Crippen LogP contribution in [0.25, 0.3) is 0 Å². The molecule has 2 N–H and O–H groups in total. The first-order valence-corrected chi connectivity index (χ1v) is 4.43. The normalized spacial score (nSPS) is 20.6. The van der Waals surface area contributed by atoms with E-state index in [2.05, 4.69) is 0 Å². The first kappa shape index (κ1) is 8.26. The fourth-order valence-corrected chi connectivity index (χ4v) is 1.82. The molecule has 0 saturated heterocycles. The molecule has 1 aliphatic heterocycles. The van der Waals surface area contributed by atoms with Crippen molar-refractivity contribution in [2.75, 3.05) is 5.01 Å². The minimum atomic E-state index is -0.0406. The van der Waals surface area contributed by atoms with Gasteiger partial charge in [-0.1, -0.05) is 25.1 Å². The maximum absolute atomic E-state index is 11.6. The summed E-state index contributed by atoms with van der Waals surface area (Å²) in [4.78, 5) is 11.6. The molecule has 2 rings (SSSR count). The Kier molecular flexibility index (Phi) is 1.81. The molecule has 3 heteroatoms. The van der Waals surface area contributed by atoms with Crippen molar-refractivity contribution in [1.82, 2.24) is 0 Å². The highest BCUT2D eigenvalue weighted by Crippen LogP contribution is 2.36. The van der Waals surface area contributed by atoms with Gasteiger partial charge in [-0.25, -0.2) is 10.9 Å². The first-order chi connectivity index (χ1) is 6.25. The van der Waals surface area contributed by atoms with Gasteiger partial charge in [0.15, 0.2) is 0 Å². The number of hydrogen-bond acceptors (Lipinski definition) is 2. The number of nitrogens with two attached hydrogens (primary N) is 1. The highest BCUT2D eigenvalue weighted by molar-refractivity contribution is 6.03. The number of para-hydroxylation sites is 1. The summed E-state index contributed by atoms with van der Waals surface area (Å²) in [6, 6.07) is 7.68. The molecular formula is C10H12N2O. The number of benzene rings is 1. The molecule has 1 amide bonds. The molecule has 0 aromatic heterocycles. The molecular weight excluding hydrogens is 164 g/mol. The van der Waals surface area contributed by atoms with Gasteiger partial charge < -0.3 is 0 Å². The second-order valence-corrected chi connectivity index (χ2v) is 3.23. The first-order valence-electron chi connectivity index (χ1n) is 4.43. The monoisotopic (exact) mass is 176 g/mol. The van der Waals surface area contributed by atoms with Crippen molar-refractivity contribution >= 4 is 11.6 Å². The number of amides is 1. The molecule has 0 fully saturated rings. The van der Waals surface area contributed by atoms with Crippen LogP contribution >= 0.6 is 0 Å². The number of hydrazine groups is 1.